The van der Waals surface area contributed by atoms with Gasteiger partial charge in [-0.15, -0.1) is 13.2 Å². The number of rotatable bonds is 5. The zero-order chi connectivity index (χ0) is 17.4. The van der Waals surface area contributed by atoms with Crippen molar-refractivity contribution in [1.82, 2.24) is 5.32 Å². The van der Waals surface area contributed by atoms with Crippen LogP contribution in [0.2, 0.25) is 0 Å². The molecule has 0 heterocycles. The summed E-state index contributed by atoms with van der Waals surface area (Å²) in [5.74, 6) is -0.259. The van der Waals surface area contributed by atoms with E-state index < -0.39 is 6.36 Å². The van der Waals surface area contributed by atoms with E-state index in [0.717, 1.165) is 24.8 Å². The summed E-state index contributed by atoms with van der Waals surface area (Å²) in [6.45, 7) is 0.438. The van der Waals surface area contributed by atoms with E-state index in [0.29, 0.717) is 19.4 Å². The Balaban J connectivity index is 1.66. The molecule has 0 aliphatic heterocycles. The third-order valence-corrected chi connectivity index (χ3v) is 5.14. The molecule has 132 valence electrons. The Bertz CT molecular complexity index is 608. The summed E-state index contributed by atoms with van der Waals surface area (Å²) in [6.07, 6.45) is -0.627. The summed E-state index contributed by atoms with van der Waals surface area (Å²) in [6, 6.07) is 6.18. The highest BCUT2D eigenvalue weighted by Gasteiger charge is 2.41. The Kier molecular flexibility index (Phi) is 4.46. The van der Waals surface area contributed by atoms with Gasteiger partial charge in [0.15, 0.2) is 0 Å². The van der Waals surface area contributed by atoms with Crippen molar-refractivity contribution in [2.24, 2.45) is 11.7 Å². The molecule has 4 nitrogen and oxygen atoms in total. The van der Waals surface area contributed by atoms with Crippen molar-refractivity contribution in [1.29, 1.82) is 0 Å². The third-order valence-electron chi connectivity index (χ3n) is 5.14. The van der Waals surface area contributed by atoms with Gasteiger partial charge in [-0.1, -0.05) is 18.6 Å². The van der Waals surface area contributed by atoms with Crippen molar-refractivity contribution >= 4 is 5.91 Å². The number of ether oxygens (including phenoxy) is 1. The van der Waals surface area contributed by atoms with Crippen molar-refractivity contribution in [2.45, 2.75) is 49.9 Å². The highest BCUT2D eigenvalue weighted by Crippen LogP contribution is 2.44. The van der Waals surface area contributed by atoms with Gasteiger partial charge in [-0.05, 0) is 43.4 Å². The van der Waals surface area contributed by atoms with Crippen molar-refractivity contribution < 1.29 is 22.7 Å². The quantitative estimate of drug-likeness (QED) is 0.865. The molecule has 1 amide bonds. The molecule has 2 saturated carbocycles. The molecule has 0 unspecified atom stereocenters. The molecule has 0 radical (unpaired) electrons. The lowest BCUT2D eigenvalue weighted by Crippen LogP contribution is -2.50. The predicted octanol–water partition coefficient (Wildman–Crippen LogP) is 2.86. The third kappa shape index (κ3) is 3.66. The first-order valence-corrected chi connectivity index (χ1v) is 8.17. The monoisotopic (exact) mass is 342 g/mol. The van der Waals surface area contributed by atoms with E-state index in [1.165, 1.54) is 12.1 Å². The Morgan fingerprint density at radius 3 is 2.58 bits per heavy atom. The molecule has 0 saturated heterocycles. The molecular weight excluding hydrogens is 321 g/mol. The van der Waals surface area contributed by atoms with Crippen LogP contribution in [0.4, 0.5) is 13.2 Å². The summed E-state index contributed by atoms with van der Waals surface area (Å²) in [5, 5.41) is 2.96. The molecule has 0 atom stereocenters. The fraction of sp³-hybridized carbons (Fsp3) is 0.588. The van der Waals surface area contributed by atoms with E-state index in [1.807, 2.05) is 0 Å². The van der Waals surface area contributed by atoms with Crippen molar-refractivity contribution in [2.75, 3.05) is 6.54 Å². The molecule has 1 aromatic rings. The Hall–Kier alpha value is -1.76. The van der Waals surface area contributed by atoms with E-state index in [9.17, 15) is 18.0 Å². The SMILES string of the molecule is NC1CC(C(=O)NCC2(c3cccc(OC(F)(F)F)c3)CCC2)C1. The second kappa shape index (κ2) is 6.27. The van der Waals surface area contributed by atoms with Crippen LogP contribution >= 0.6 is 0 Å². The number of carbonyl (C=O) groups is 1. The van der Waals surface area contributed by atoms with Crippen molar-refractivity contribution in [3.05, 3.63) is 29.8 Å². The first kappa shape index (κ1) is 17.1. The molecule has 0 spiro atoms. The van der Waals surface area contributed by atoms with Crippen LogP contribution in [-0.2, 0) is 10.2 Å². The number of carbonyl (C=O) groups excluding carboxylic acids is 1. The average molecular weight is 342 g/mol. The molecular formula is C17H21F3N2O2. The van der Waals surface area contributed by atoms with Gasteiger partial charge in [0.05, 0.1) is 0 Å². The number of alkyl halides is 3. The minimum atomic E-state index is -4.71. The van der Waals surface area contributed by atoms with Crippen LogP contribution in [0.25, 0.3) is 0 Å². The molecule has 0 bridgehead atoms. The van der Waals surface area contributed by atoms with Gasteiger partial charge in [-0.25, -0.2) is 0 Å². The van der Waals surface area contributed by atoms with E-state index in [1.54, 1.807) is 12.1 Å². The van der Waals surface area contributed by atoms with Crippen molar-refractivity contribution in [3.63, 3.8) is 0 Å². The minimum Gasteiger partial charge on any atom is -0.406 e. The van der Waals surface area contributed by atoms with Crippen LogP contribution in [0.15, 0.2) is 24.3 Å². The maximum absolute atomic E-state index is 12.4. The van der Waals surface area contributed by atoms with Crippen LogP contribution < -0.4 is 15.8 Å². The lowest BCUT2D eigenvalue weighted by Gasteiger charge is -2.43. The van der Waals surface area contributed by atoms with Gasteiger partial charge in [0, 0.05) is 23.9 Å². The van der Waals surface area contributed by atoms with Gasteiger partial charge in [0.2, 0.25) is 5.91 Å². The molecule has 2 aliphatic rings. The van der Waals surface area contributed by atoms with Gasteiger partial charge >= 0.3 is 6.36 Å². The number of amides is 1. The fourth-order valence-corrected chi connectivity index (χ4v) is 3.47. The zero-order valence-corrected chi connectivity index (χ0v) is 13.2. The first-order chi connectivity index (χ1) is 11.3. The van der Waals surface area contributed by atoms with Gasteiger partial charge < -0.3 is 15.8 Å². The number of hydrogen-bond donors (Lipinski definition) is 2. The highest BCUT2D eigenvalue weighted by molar-refractivity contribution is 5.79. The molecule has 3 N–H and O–H groups in total. The van der Waals surface area contributed by atoms with Crippen LogP contribution in [-0.4, -0.2) is 24.9 Å². The van der Waals surface area contributed by atoms with E-state index in [4.69, 9.17) is 5.73 Å². The molecule has 1 aromatic carbocycles. The zero-order valence-electron chi connectivity index (χ0n) is 13.2. The Morgan fingerprint density at radius 2 is 2.04 bits per heavy atom. The first-order valence-electron chi connectivity index (χ1n) is 8.17. The van der Waals surface area contributed by atoms with Crippen LogP contribution in [0.1, 0.15) is 37.7 Å². The molecule has 2 aliphatic carbocycles. The predicted molar refractivity (Wildman–Crippen MR) is 82.4 cm³/mol. The molecule has 24 heavy (non-hydrogen) atoms. The van der Waals surface area contributed by atoms with Gasteiger partial charge in [-0.3, -0.25) is 4.79 Å². The Labute approximate surface area is 138 Å². The summed E-state index contributed by atoms with van der Waals surface area (Å²) < 4.78 is 41.2. The topological polar surface area (TPSA) is 64.4 Å². The largest absolute Gasteiger partial charge is 0.573 e. The van der Waals surface area contributed by atoms with Crippen molar-refractivity contribution in [3.8, 4) is 5.75 Å². The van der Waals surface area contributed by atoms with Gasteiger partial charge in [-0.2, -0.15) is 0 Å². The second-order valence-electron chi connectivity index (χ2n) is 6.86. The standard InChI is InChI=1S/C17H21F3N2O2/c18-17(19,20)24-14-4-1-3-12(9-14)16(5-2-6-16)10-22-15(23)11-7-13(21)8-11/h1,3-4,9,11,13H,2,5-8,10,21H2,(H,22,23). The second-order valence-corrected chi connectivity index (χ2v) is 6.86. The maximum Gasteiger partial charge on any atom is 0.573 e. The minimum absolute atomic E-state index is 0.00864. The van der Waals surface area contributed by atoms with E-state index in [2.05, 4.69) is 10.1 Å². The van der Waals surface area contributed by atoms with Crippen LogP contribution in [0, 0.1) is 5.92 Å². The summed E-state index contributed by atoms with van der Waals surface area (Å²) in [4.78, 5) is 12.1. The van der Waals surface area contributed by atoms with Crippen LogP contribution in [0.5, 0.6) is 5.75 Å². The smallest absolute Gasteiger partial charge is 0.406 e. The summed E-state index contributed by atoms with van der Waals surface area (Å²) in [5.41, 5.74) is 6.18. The van der Waals surface area contributed by atoms with E-state index in [-0.39, 0.29) is 29.0 Å². The van der Waals surface area contributed by atoms with E-state index >= 15 is 0 Å². The highest BCUT2D eigenvalue weighted by atomic mass is 19.4. The normalized spacial score (nSPS) is 25.3. The molecule has 2 fully saturated rings. The fourth-order valence-electron chi connectivity index (χ4n) is 3.47. The molecule has 0 aromatic heterocycles. The Morgan fingerprint density at radius 1 is 1.33 bits per heavy atom. The lowest BCUT2D eigenvalue weighted by molar-refractivity contribution is -0.274. The molecule has 3 rings (SSSR count). The average Bonchev–Trinajstić information content (AvgIpc) is 2.41. The number of hydrogen-bond acceptors (Lipinski definition) is 3. The number of benzene rings is 1. The summed E-state index contributed by atoms with van der Waals surface area (Å²) >= 11 is 0. The number of nitrogens with one attached hydrogen (secondary N) is 1. The van der Waals surface area contributed by atoms with Gasteiger partial charge in [0.25, 0.3) is 0 Å². The maximum atomic E-state index is 12.4. The van der Waals surface area contributed by atoms with Gasteiger partial charge in [0.1, 0.15) is 5.75 Å². The lowest BCUT2D eigenvalue weighted by atomic mass is 9.64. The number of nitrogens with two attached hydrogens (primary N) is 1. The van der Waals surface area contributed by atoms with Crippen LogP contribution in [0.3, 0.4) is 0 Å². The summed E-state index contributed by atoms with van der Waals surface area (Å²) in [7, 11) is 0. The number of halogens is 3. The molecule has 7 heteroatoms.